The Kier molecular flexibility index (Phi) is 7.77. The highest BCUT2D eigenvalue weighted by molar-refractivity contribution is 6.31. The van der Waals surface area contributed by atoms with Crippen molar-refractivity contribution < 1.29 is 14.4 Å². The van der Waals surface area contributed by atoms with E-state index in [2.05, 4.69) is 15.3 Å². The Morgan fingerprint density at radius 2 is 1.52 bits per heavy atom. The lowest BCUT2D eigenvalue weighted by atomic mass is 9.66. The second-order valence-corrected chi connectivity index (χ2v) is 11.2. The molecule has 2 aromatic carbocycles. The molecule has 2 aromatic heterocycles. The molecule has 1 aliphatic carbocycles. The molecule has 0 radical (unpaired) electrons. The summed E-state index contributed by atoms with van der Waals surface area (Å²) < 4.78 is 0. The molecule has 5 rings (SSSR count). The van der Waals surface area contributed by atoms with Gasteiger partial charge in [-0.25, -0.2) is 0 Å². The molecule has 4 aromatic rings. The van der Waals surface area contributed by atoms with Gasteiger partial charge >= 0.3 is 0 Å². The van der Waals surface area contributed by atoms with Crippen molar-refractivity contribution in [1.82, 2.24) is 20.2 Å². The van der Waals surface area contributed by atoms with Gasteiger partial charge in [0, 0.05) is 58.9 Å². The molecule has 8 nitrogen and oxygen atoms in total. The molecule has 0 bridgehead atoms. The van der Waals surface area contributed by atoms with Crippen LogP contribution in [0.25, 0.3) is 21.5 Å². The zero-order valence-corrected chi connectivity index (χ0v) is 23.7. The highest BCUT2D eigenvalue weighted by atomic mass is 35.5. The smallest absolute Gasteiger partial charge is 0.270 e. The predicted molar refractivity (Wildman–Crippen MR) is 157 cm³/mol. The number of amides is 2. The van der Waals surface area contributed by atoms with E-state index in [-0.39, 0.29) is 41.8 Å². The van der Waals surface area contributed by atoms with Crippen LogP contribution in [0, 0.1) is 5.41 Å². The van der Waals surface area contributed by atoms with Gasteiger partial charge in [-0.05, 0) is 73.4 Å². The van der Waals surface area contributed by atoms with Gasteiger partial charge in [-0.2, -0.15) is 0 Å². The van der Waals surface area contributed by atoms with Crippen LogP contribution >= 0.6 is 23.2 Å². The Bertz CT molecular complexity index is 1640. The van der Waals surface area contributed by atoms with Crippen LogP contribution in [0.4, 0.5) is 0 Å². The normalized spacial score (nSPS) is 20.8. The SMILES string of the molecule is CCN(C)C(=O)[C@@]1(C(=O)c2cc3ccc(Cl)cc3cn2)CC[C@H](NC(=O)c2cc3ccc(Cl)cc3cn2)[C@H](N)C1. The maximum atomic E-state index is 14.0. The van der Waals surface area contributed by atoms with E-state index in [0.29, 0.717) is 23.0 Å². The van der Waals surface area contributed by atoms with Crippen LogP contribution < -0.4 is 11.1 Å². The van der Waals surface area contributed by atoms with Crippen molar-refractivity contribution in [2.75, 3.05) is 13.6 Å². The Morgan fingerprint density at radius 1 is 0.950 bits per heavy atom. The molecule has 1 fully saturated rings. The molecular weight excluding hydrogens is 549 g/mol. The number of pyridine rings is 2. The average Bonchev–Trinajstić information content (AvgIpc) is 2.96. The highest BCUT2D eigenvalue weighted by Crippen LogP contribution is 2.41. The fraction of sp³-hybridized carbons (Fsp3) is 0.300. The lowest BCUT2D eigenvalue weighted by molar-refractivity contribution is -0.139. The molecule has 3 atom stereocenters. The van der Waals surface area contributed by atoms with Gasteiger partial charge in [0.25, 0.3) is 5.91 Å². The summed E-state index contributed by atoms with van der Waals surface area (Å²) >= 11 is 12.1. The van der Waals surface area contributed by atoms with Gasteiger partial charge in [0.1, 0.15) is 16.8 Å². The monoisotopic (exact) mass is 577 g/mol. The van der Waals surface area contributed by atoms with Gasteiger partial charge in [-0.1, -0.05) is 35.3 Å². The molecule has 40 heavy (non-hydrogen) atoms. The third-order valence-electron chi connectivity index (χ3n) is 7.80. The zero-order valence-electron chi connectivity index (χ0n) is 22.2. The van der Waals surface area contributed by atoms with E-state index in [1.807, 2.05) is 19.1 Å². The summed E-state index contributed by atoms with van der Waals surface area (Å²) in [7, 11) is 1.67. The number of rotatable bonds is 6. The summed E-state index contributed by atoms with van der Waals surface area (Å²) in [5.74, 6) is -1.04. The molecule has 206 valence electrons. The van der Waals surface area contributed by atoms with Crippen molar-refractivity contribution >= 4 is 62.3 Å². The maximum Gasteiger partial charge on any atom is 0.270 e. The minimum atomic E-state index is -1.39. The molecule has 0 unspecified atom stereocenters. The van der Waals surface area contributed by atoms with Crippen LogP contribution in [-0.4, -0.2) is 58.1 Å². The average molecular weight is 579 g/mol. The number of aromatic nitrogens is 2. The fourth-order valence-corrected chi connectivity index (χ4v) is 5.77. The standard InChI is InChI=1S/C30H29Cl2N5O3/c1-3-37(2)29(40)30(27(38)25-12-17-4-6-21(31)10-19(17)15-34-25)9-8-24(23(33)14-30)36-28(39)26-13-18-5-7-22(32)11-20(18)16-35-26/h4-7,10-13,15-16,23-24H,3,8-9,14,33H2,1-2H3,(H,36,39)/t23-,24+,30+/m1/s1. The fourth-order valence-electron chi connectivity index (χ4n) is 5.41. The van der Waals surface area contributed by atoms with E-state index < -0.39 is 17.5 Å². The number of nitrogens with zero attached hydrogens (tertiary/aromatic N) is 3. The minimum absolute atomic E-state index is 0.0733. The summed E-state index contributed by atoms with van der Waals surface area (Å²) in [6.07, 6.45) is 3.83. The summed E-state index contributed by atoms with van der Waals surface area (Å²) in [5, 5.41) is 7.38. The third kappa shape index (κ3) is 5.27. The second kappa shape index (κ2) is 11.1. The van der Waals surface area contributed by atoms with E-state index in [1.54, 1.807) is 55.8 Å². The number of ketones is 1. The molecule has 2 heterocycles. The summed E-state index contributed by atoms with van der Waals surface area (Å²) in [6.45, 7) is 2.29. The molecule has 2 amide bonds. The molecule has 1 saturated carbocycles. The number of fused-ring (bicyclic) bond motifs is 2. The number of carbonyl (C=O) groups excluding carboxylic acids is 3. The van der Waals surface area contributed by atoms with Crippen LogP contribution in [-0.2, 0) is 4.79 Å². The lowest BCUT2D eigenvalue weighted by Gasteiger charge is -2.42. The molecule has 3 N–H and O–H groups in total. The molecule has 10 heteroatoms. The van der Waals surface area contributed by atoms with Crippen LogP contribution in [0.5, 0.6) is 0 Å². The van der Waals surface area contributed by atoms with Gasteiger partial charge in [-0.3, -0.25) is 24.4 Å². The van der Waals surface area contributed by atoms with Gasteiger partial charge < -0.3 is 16.0 Å². The Morgan fingerprint density at radius 3 is 2.10 bits per heavy atom. The Hall–Kier alpha value is -3.59. The number of nitrogens with one attached hydrogen (secondary N) is 1. The molecule has 0 spiro atoms. The van der Waals surface area contributed by atoms with Crippen LogP contribution in [0.3, 0.4) is 0 Å². The number of carbonyl (C=O) groups is 3. The van der Waals surface area contributed by atoms with Gasteiger partial charge in [0.15, 0.2) is 5.78 Å². The third-order valence-corrected chi connectivity index (χ3v) is 8.27. The van der Waals surface area contributed by atoms with E-state index in [0.717, 1.165) is 21.5 Å². The number of nitrogens with two attached hydrogens (primary N) is 1. The van der Waals surface area contributed by atoms with Gasteiger partial charge in [-0.15, -0.1) is 0 Å². The first-order chi connectivity index (χ1) is 19.1. The van der Waals surface area contributed by atoms with Crippen molar-refractivity contribution in [3.05, 3.63) is 82.4 Å². The van der Waals surface area contributed by atoms with Crippen molar-refractivity contribution in [2.45, 2.75) is 38.3 Å². The van der Waals surface area contributed by atoms with E-state index in [1.165, 1.54) is 4.90 Å². The number of benzene rings is 2. The first kappa shape index (κ1) is 28.0. The maximum absolute atomic E-state index is 14.0. The van der Waals surface area contributed by atoms with Crippen molar-refractivity contribution in [1.29, 1.82) is 0 Å². The largest absolute Gasteiger partial charge is 0.346 e. The molecule has 0 aliphatic heterocycles. The lowest BCUT2D eigenvalue weighted by Crippen LogP contribution is -2.59. The number of halogens is 2. The van der Waals surface area contributed by atoms with Crippen molar-refractivity contribution in [2.24, 2.45) is 11.1 Å². The summed E-state index contributed by atoms with van der Waals surface area (Å²) in [6, 6.07) is 13.0. The van der Waals surface area contributed by atoms with Gasteiger partial charge in [0.05, 0.1) is 0 Å². The number of Topliss-reactive ketones (excluding diaryl/α,β-unsaturated/α-hetero) is 1. The van der Waals surface area contributed by atoms with Crippen molar-refractivity contribution in [3.63, 3.8) is 0 Å². The van der Waals surface area contributed by atoms with Crippen molar-refractivity contribution in [3.8, 4) is 0 Å². The summed E-state index contributed by atoms with van der Waals surface area (Å²) in [4.78, 5) is 51.1. The second-order valence-electron chi connectivity index (χ2n) is 10.3. The van der Waals surface area contributed by atoms with Gasteiger partial charge in [0.2, 0.25) is 5.91 Å². The Balaban J connectivity index is 1.39. The van der Waals surface area contributed by atoms with E-state index >= 15 is 0 Å². The van der Waals surface area contributed by atoms with E-state index in [9.17, 15) is 14.4 Å². The molecule has 0 saturated heterocycles. The first-order valence-corrected chi connectivity index (χ1v) is 13.8. The molecular formula is C30H29Cl2N5O3. The topological polar surface area (TPSA) is 118 Å². The minimum Gasteiger partial charge on any atom is -0.346 e. The van der Waals surface area contributed by atoms with Crippen LogP contribution in [0.15, 0.2) is 60.9 Å². The van der Waals surface area contributed by atoms with E-state index in [4.69, 9.17) is 28.9 Å². The molecule has 1 aliphatic rings. The first-order valence-electron chi connectivity index (χ1n) is 13.1. The zero-order chi connectivity index (χ0) is 28.6. The predicted octanol–water partition coefficient (Wildman–Crippen LogP) is 5.05. The number of hydrogen-bond donors (Lipinski definition) is 2. The highest BCUT2D eigenvalue weighted by Gasteiger charge is 2.52. The summed E-state index contributed by atoms with van der Waals surface area (Å²) in [5.41, 5.74) is 5.64. The quantitative estimate of drug-likeness (QED) is 0.244. The van der Waals surface area contributed by atoms with Crippen LogP contribution in [0.2, 0.25) is 10.0 Å². The Labute approximate surface area is 241 Å². The van der Waals surface area contributed by atoms with Crippen LogP contribution in [0.1, 0.15) is 47.2 Å². The number of hydrogen-bond acceptors (Lipinski definition) is 6.